The van der Waals surface area contributed by atoms with Crippen molar-refractivity contribution < 1.29 is 14.7 Å². The van der Waals surface area contributed by atoms with E-state index in [4.69, 9.17) is 11.6 Å². The Morgan fingerprint density at radius 3 is 2.48 bits per heavy atom. The molecule has 1 aromatic carbocycles. The van der Waals surface area contributed by atoms with E-state index in [2.05, 4.69) is 21.2 Å². The fourth-order valence-corrected chi connectivity index (χ4v) is 3.62. The van der Waals surface area contributed by atoms with E-state index in [1.807, 2.05) is 0 Å². The molecule has 0 spiro atoms. The molecule has 0 saturated heterocycles. The van der Waals surface area contributed by atoms with Crippen LogP contribution in [-0.4, -0.2) is 23.0 Å². The van der Waals surface area contributed by atoms with Crippen LogP contribution < -0.4 is 5.32 Å². The molecule has 114 valence electrons. The second-order valence-corrected chi connectivity index (χ2v) is 6.70. The lowest BCUT2D eigenvalue weighted by Gasteiger charge is -2.28. The van der Waals surface area contributed by atoms with Crippen molar-refractivity contribution in [3.05, 3.63) is 33.3 Å². The van der Waals surface area contributed by atoms with Gasteiger partial charge in [0.2, 0.25) is 0 Å². The molecule has 0 aliphatic heterocycles. The summed E-state index contributed by atoms with van der Waals surface area (Å²) >= 11 is 9.19. The average Bonchev–Trinajstić information content (AvgIpc) is 2.44. The Labute approximate surface area is 137 Å². The number of hydrogen-bond donors (Lipinski definition) is 2. The van der Waals surface area contributed by atoms with Gasteiger partial charge in [0.05, 0.1) is 0 Å². The number of aliphatic carboxylic acids is 1. The van der Waals surface area contributed by atoms with Gasteiger partial charge in [0.15, 0.2) is 0 Å². The molecule has 1 unspecified atom stereocenters. The number of carbonyl (C=O) groups is 2. The van der Waals surface area contributed by atoms with Crippen LogP contribution in [0.5, 0.6) is 0 Å². The van der Waals surface area contributed by atoms with E-state index in [0.717, 1.165) is 32.1 Å². The number of halogens is 2. The van der Waals surface area contributed by atoms with E-state index < -0.39 is 17.9 Å². The summed E-state index contributed by atoms with van der Waals surface area (Å²) in [5, 5.41) is 12.4. The number of rotatable bonds is 4. The quantitative estimate of drug-likeness (QED) is 0.841. The molecule has 0 heterocycles. The molecule has 1 aromatic rings. The van der Waals surface area contributed by atoms with Crippen molar-refractivity contribution in [1.82, 2.24) is 5.32 Å². The van der Waals surface area contributed by atoms with Gasteiger partial charge in [0, 0.05) is 15.1 Å². The van der Waals surface area contributed by atoms with Gasteiger partial charge in [-0.15, -0.1) is 0 Å². The van der Waals surface area contributed by atoms with Crippen molar-refractivity contribution in [3.8, 4) is 0 Å². The monoisotopic (exact) mass is 373 g/mol. The molecule has 1 amide bonds. The Kier molecular flexibility index (Phi) is 5.65. The lowest BCUT2D eigenvalue weighted by atomic mass is 9.84. The summed E-state index contributed by atoms with van der Waals surface area (Å²) in [4.78, 5) is 23.7. The van der Waals surface area contributed by atoms with E-state index >= 15 is 0 Å². The van der Waals surface area contributed by atoms with Crippen LogP contribution in [0.2, 0.25) is 5.02 Å². The van der Waals surface area contributed by atoms with Gasteiger partial charge >= 0.3 is 5.97 Å². The molecule has 1 fully saturated rings. The highest BCUT2D eigenvalue weighted by Crippen LogP contribution is 2.27. The lowest BCUT2D eigenvalue weighted by Crippen LogP contribution is -2.46. The predicted octanol–water partition coefficient (Wildman–Crippen LogP) is 3.87. The molecule has 1 aliphatic rings. The minimum Gasteiger partial charge on any atom is -0.480 e. The normalized spacial score (nSPS) is 17.2. The fraction of sp³-hybridized carbons (Fsp3) is 0.467. The first-order chi connectivity index (χ1) is 9.97. The SMILES string of the molecule is O=C(NC(C(=O)O)C1CCCCC1)c1cc(Cl)cc(Br)c1. The molecule has 21 heavy (non-hydrogen) atoms. The minimum absolute atomic E-state index is 0.00262. The fourth-order valence-electron chi connectivity index (χ4n) is 2.76. The topological polar surface area (TPSA) is 66.4 Å². The number of amides is 1. The van der Waals surface area contributed by atoms with Gasteiger partial charge in [0.1, 0.15) is 6.04 Å². The van der Waals surface area contributed by atoms with Gasteiger partial charge in [-0.25, -0.2) is 4.79 Å². The van der Waals surface area contributed by atoms with Gasteiger partial charge in [-0.3, -0.25) is 4.79 Å². The van der Waals surface area contributed by atoms with Crippen molar-refractivity contribution in [2.45, 2.75) is 38.1 Å². The Morgan fingerprint density at radius 2 is 1.90 bits per heavy atom. The van der Waals surface area contributed by atoms with Gasteiger partial charge in [0.25, 0.3) is 5.91 Å². The molecule has 0 radical (unpaired) electrons. The van der Waals surface area contributed by atoms with E-state index in [-0.39, 0.29) is 5.92 Å². The number of hydrogen-bond acceptors (Lipinski definition) is 2. The van der Waals surface area contributed by atoms with Crippen LogP contribution in [0.4, 0.5) is 0 Å². The molecular weight excluding hydrogens is 358 g/mol. The van der Waals surface area contributed by atoms with Crippen LogP contribution in [0.25, 0.3) is 0 Å². The van der Waals surface area contributed by atoms with Gasteiger partial charge in [-0.2, -0.15) is 0 Å². The third-order valence-corrected chi connectivity index (χ3v) is 4.47. The number of carbonyl (C=O) groups excluding carboxylic acids is 1. The minimum atomic E-state index is -0.976. The van der Waals surface area contributed by atoms with Crippen LogP contribution in [-0.2, 0) is 4.79 Å². The standard InChI is InChI=1S/C15H17BrClNO3/c16-11-6-10(7-12(17)8-11)14(19)18-13(15(20)21)9-4-2-1-3-5-9/h6-9,13H,1-5H2,(H,18,19)(H,20,21). The lowest BCUT2D eigenvalue weighted by molar-refractivity contribution is -0.141. The summed E-state index contributed by atoms with van der Waals surface area (Å²) in [6.07, 6.45) is 4.87. The second kappa shape index (κ2) is 7.27. The third-order valence-electron chi connectivity index (χ3n) is 3.80. The molecule has 1 saturated carbocycles. The number of carboxylic acid groups (broad SMARTS) is 1. The highest BCUT2D eigenvalue weighted by molar-refractivity contribution is 9.10. The van der Waals surface area contributed by atoms with Gasteiger partial charge in [-0.05, 0) is 37.0 Å². The first-order valence-electron chi connectivity index (χ1n) is 6.97. The average molecular weight is 375 g/mol. The smallest absolute Gasteiger partial charge is 0.326 e. The zero-order valence-corrected chi connectivity index (χ0v) is 13.8. The van der Waals surface area contributed by atoms with E-state index in [9.17, 15) is 14.7 Å². The van der Waals surface area contributed by atoms with Crippen molar-refractivity contribution in [2.24, 2.45) is 5.92 Å². The van der Waals surface area contributed by atoms with Gasteiger partial charge < -0.3 is 10.4 Å². The summed E-state index contributed by atoms with van der Waals surface area (Å²) in [6.45, 7) is 0. The molecule has 0 aromatic heterocycles. The molecule has 2 rings (SSSR count). The van der Waals surface area contributed by atoms with Gasteiger partial charge in [-0.1, -0.05) is 46.8 Å². The highest BCUT2D eigenvalue weighted by atomic mass is 79.9. The summed E-state index contributed by atoms with van der Waals surface area (Å²) in [5.74, 6) is -1.38. The molecule has 1 atom stereocenters. The van der Waals surface area contributed by atoms with Crippen molar-refractivity contribution in [2.75, 3.05) is 0 Å². The van der Waals surface area contributed by atoms with Crippen molar-refractivity contribution in [1.29, 1.82) is 0 Å². The number of carboxylic acids is 1. The van der Waals surface area contributed by atoms with Crippen LogP contribution in [0.15, 0.2) is 22.7 Å². The maximum atomic E-state index is 12.3. The molecule has 0 bridgehead atoms. The van der Waals surface area contributed by atoms with Crippen molar-refractivity contribution >= 4 is 39.4 Å². The highest BCUT2D eigenvalue weighted by Gasteiger charge is 2.31. The predicted molar refractivity (Wildman–Crippen MR) is 84.6 cm³/mol. The Hall–Kier alpha value is -1.07. The Bertz CT molecular complexity index is 523. The van der Waals surface area contributed by atoms with Crippen molar-refractivity contribution in [3.63, 3.8) is 0 Å². The largest absolute Gasteiger partial charge is 0.480 e. The number of nitrogens with one attached hydrogen (secondary N) is 1. The number of benzene rings is 1. The zero-order chi connectivity index (χ0) is 15.4. The first-order valence-corrected chi connectivity index (χ1v) is 8.14. The van der Waals surface area contributed by atoms with E-state index in [1.54, 1.807) is 12.1 Å². The van der Waals surface area contributed by atoms with E-state index in [0.29, 0.717) is 15.1 Å². The zero-order valence-electron chi connectivity index (χ0n) is 11.4. The maximum absolute atomic E-state index is 12.3. The third kappa shape index (κ3) is 4.45. The summed E-state index contributed by atoms with van der Waals surface area (Å²) in [6, 6.07) is 3.99. The van der Waals surface area contributed by atoms with Crippen LogP contribution >= 0.6 is 27.5 Å². The van der Waals surface area contributed by atoms with E-state index in [1.165, 1.54) is 6.07 Å². The van der Waals surface area contributed by atoms with Crippen LogP contribution in [0, 0.1) is 5.92 Å². The summed E-state index contributed by atoms with van der Waals surface area (Å²) < 4.78 is 0.685. The van der Waals surface area contributed by atoms with Crippen LogP contribution in [0.1, 0.15) is 42.5 Å². The summed E-state index contributed by atoms with van der Waals surface area (Å²) in [7, 11) is 0. The Morgan fingerprint density at radius 1 is 1.24 bits per heavy atom. The molecule has 4 nitrogen and oxygen atoms in total. The maximum Gasteiger partial charge on any atom is 0.326 e. The molecule has 1 aliphatic carbocycles. The first kappa shape index (κ1) is 16.3. The summed E-state index contributed by atoms with van der Waals surface area (Å²) in [5.41, 5.74) is 0.358. The second-order valence-electron chi connectivity index (χ2n) is 5.35. The Balaban J connectivity index is 2.12. The molecular formula is C15H17BrClNO3. The molecule has 2 N–H and O–H groups in total. The molecule has 6 heteroatoms. The van der Waals surface area contributed by atoms with Crippen LogP contribution in [0.3, 0.4) is 0 Å².